The molecular weight excluding hydrogens is 350 g/mol. The van der Waals surface area contributed by atoms with Crippen molar-refractivity contribution in [1.29, 1.82) is 0 Å². The van der Waals surface area contributed by atoms with Crippen LogP contribution in [0, 0.1) is 0 Å². The number of phenols is 1. The summed E-state index contributed by atoms with van der Waals surface area (Å²) in [6.45, 7) is 0. The first kappa shape index (κ1) is 17.5. The van der Waals surface area contributed by atoms with E-state index in [4.69, 9.17) is 0 Å². The lowest BCUT2D eigenvalue weighted by Crippen LogP contribution is -2.12. The Balaban J connectivity index is 1.56. The lowest BCUT2D eigenvalue weighted by molar-refractivity contribution is 0.102. The Bertz CT molecular complexity index is 1170. The Morgan fingerprint density at radius 2 is 1.36 bits per heavy atom. The van der Waals surface area contributed by atoms with Crippen molar-refractivity contribution in [2.75, 3.05) is 5.32 Å². The molecule has 0 spiro atoms. The van der Waals surface area contributed by atoms with Gasteiger partial charge in [-0.2, -0.15) is 0 Å². The number of anilines is 1. The first-order chi connectivity index (χ1) is 13.6. The number of carbonyl (C=O) groups is 2. The second-order valence-corrected chi connectivity index (χ2v) is 6.44. The second kappa shape index (κ2) is 7.37. The third-order valence-electron chi connectivity index (χ3n) is 4.56. The molecule has 0 aliphatic heterocycles. The molecule has 28 heavy (non-hydrogen) atoms. The van der Waals surface area contributed by atoms with Gasteiger partial charge in [-0.1, -0.05) is 60.7 Å². The maximum atomic E-state index is 12.6. The number of aromatic hydroxyl groups is 1. The summed E-state index contributed by atoms with van der Waals surface area (Å²) in [4.78, 5) is 25.1. The Labute approximate surface area is 162 Å². The van der Waals surface area contributed by atoms with Gasteiger partial charge in [-0.25, -0.2) is 0 Å². The zero-order chi connectivity index (χ0) is 19.5. The second-order valence-electron chi connectivity index (χ2n) is 6.44. The summed E-state index contributed by atoms with van der Waals surface area (Å²) in [5, 5.41) is 14.3. The zero-order valence-electron chi connectivity index (χ0n) is 14.9. The van der Waals surface area contributed by atoms with Crippen molar-refractivity contribution in [2.24, 2.45) is 0 Å². The molecule has 0 heterocycles. The lowest BCUT2D eigenvalue weighted by Gasteiger charge is -2.10. The minimum absolute atomic E-state index is 0.0860. The van der Waals surface area contributed by atoms with E-state index in [0.717, 1.165) is 10.8 Å². The van der Waals surface area contributed by atoms with Crippen molar-refractivity contribution >= 4 is 28.2 Å². The van der Waals surface area contributed by atoms with Crippen LogP contribution in [0.15, 0.2) is 91.0 Å². The van der Waals surface area contributed by atoms with Gasteiger partial charge in [0.25, 0.3) is 5.91 Å². The number of hydrogen-bond acceptors (Lipinski definition) is 3. The van der Waals surface area contributed by atoms with E-state index in [2.05, 4.69) is 5.32 Å². The van der Waals surface area contributed by atoms with Gasteiger partial charge >= 0.3 is 0 Å². The first-order valence-corrected chi connectivity index (χ1v) is 8.85. The van der Waals surface area contributed by atoms with Crippen LogP contribution in [0.25, 0.3) is 10.8 Å². The van der Waals surface area contributed by atoms with Crippen molar-refractivity contribution in [2.45, 2.75) is 0 Å². The van der Waals surface area contributed by atoms with Crippen molar-refractivity contribution in [3.05, 3.63) is 108 Å². The minimum atomic E-state index is -0.283. The molecule has 0 atom stereocenters. The van der Waals surface area contributed by atoms with Gasteiger partial charge in [0.1, 0.15) is 5.75 Å². The molecule has 0 aromatic heterocycles. The van der Waals surface area contributed by atoms with Crippen molar-refractivity contribution in [3.8, 4) is 5.75 Å². The summed E-state index contributed by atoms with van der Waals surface area (Å²) < 4.78 is 0. The summed E-state index contributed by atoms with van der Waals surface area (Å²) in [7, 11) is 0. The molecule has 0 unspecified atom stereocenters. The number of ketones is 1. The summed E-state index contributed by atoms with van der Waals surface area (Å²) in [6, 6.07) is 26.1. The number of fused-ring (bicyclic) bond motifs is 1. The van der Waals surface area contributed by atoms with E-state index >= 15 is 0 Å². The highest BCUT2D eigenvalue weighted by Gasteiger charge is 2.12. The van der Waals surface area contributed by atoms with Crippen LogP contribution in [0.1, 0.15) is 26.3 Å². The number of benzene rings is 4. The molecule has 0 radical (unpaired) electrons. The fourth-order valence-electron chi connectivity index (χ4n) is 3.09. The minimum Gasteiger partial charge on any atom is -0.508 e. The molecule has 0 aliphatic rings. The highest BCUT2D eigenvalue weighted by atomic mass is 16.3. The van der Waals surface area contributed by atoms with Crippen LogP contribution >= 0.6 is 0 Å². The van der Waals surface area contributed by atoms with Gasteiger partial charge in [-0.05, 0) is 35.7 Å². The standard InChI is InChI=1S/C24H17NO3/c26-20-14-13-16-7-4-8-22(21(16)15-20)25-24(28)19-11-9-18(10-12-19)23(27)17-5-2-1-3-6-17/h1-15,26H,(H,25,28). The van der Waals surface area contributed by atoms with Crippen LogP contribution in [-0.4, -0.2) is 16.8 Å². The highest BCUT2D eigenvalue weighted by molar-refractivity contribution is 6.11. The van der Waals surface area contributed by atoms with Crippen molar-refractivity contribution < 1.29 is 14.7 Å². The van der Waals surface area contributed by atoms with Crippen molar-refractivity contribution in [3.63, 3.8) is 0 Å². The molecule has 0 saturated carbocycles. The molecule has 0 aliphatic carbocycles. The summed E-state index contributed by atoms with van der Waals surface area (Å²) in [5.74, 6) is -0.232. The van der Waals surface area contributed by atoms with Crippen LogP contribution in [0.4, 0.5) is 5.69 Å². The molecule has 0 saturated heterocycles. The maximum Gasteiger partial charge on any atom is 0.255 e. The van der Waals surface area contributed by atoms with Gasteiger partial charge in [0.05, 0.1) is 0 Å². The van der Waals surface area contributed by atoms with Crippen LogP contribution in [0.5, 0.6) is 5.75 Å². The van der Waals surface area contributed by atoms with E-state index in [1.807, 2.05) is 30.3 Å². The van der Waals surface area contributed by atoms with E-state index in [-0.39, 0.29) is 17.4 Å². The third-order valence-corrected chi connectivity index (χ3v) is 4.56. The van der Waals surface area contributed by atoms with Gasteiger partial charge < -0.3 is 10.4 Å². The average molecular weight is 367 g/mol. The molecule has 4 heteroatoms. The summed E-state index contributed by atoms with van der Waals surface area (Å²) in [6.07, 6.45) is 0. The monoisotopic (exact) mass is 367 g/mol. The molecule has 0 bridgehead atoms. The lowest BCUT2D eigenvalue weighted by atomic mass is 10.0. The van der Waals surface area contributed by atoms with Gasteiger partial charge in [0.2, 0.25) is 0 Å². The number of carbonyl (C=O) groups excluding carboxylic acids is 2. The predicted molar refractivity (Wildman–Crippen MR) is 110 cm³/mol. The van der Waals surface area contributed by atoms with E-state index in [9.17, 15) is 14.7 Å². The molecular formula is C24H17NO3. The van der Waals surface area contributed by atoms with Gasteiger partial charge in [-0.15, -0.1) is 0 Å². The predicted octanol–water partition coefficient (Wildman–Crippen LogP) is 5.03. The van der Waals surface area contributed by atoms with Gasteiger partial charge in [0, 0.05) is 27.8 Å². The number of nitrogens with one attached hydrogen (secondary N) is 1. The fraction of sp³-hybridized carbons (Fsp3) is 0. The molecule has 4 aromatic carbocycles. The van der Waals surface area contributed by atoms with E-state index < -0.39 is 0 Å². The smallest absolute Gasteiger partial charge is 0.255 e. The SMILES string of the molecule is O=C(Nc1cccc2ccc(O)cc12)c1ccc(C(=O)c2ccccc2)cc1. The largest absolute Gasteiger partial charge is 0.508 e. The van der Waals surface area contributed by atoms with Crippen molar-refractivity contribution in [1.82, 2.24) is 0 Å². The number of hydrogen-bond donors (Lipinski definition) is 2. The van der Waals surface area contributed by atoms with E-state index in [0.29, 0.717) is 22.4 Å². The normalized spacial score (nSPS) is 10.6. The Hall–Kier alpha value is -3.92. The fourth-order valence-corrected chi connectivity index (χ4v) is 3.09. The molecule has 0 fully saturated rings. The molecule has 4 rings (SSSR count). The molecule has 2 N–H and O–H groups in total. The van der Waals surface area contributed by atoms with Gasteiger partial charge in [0.15, 0.2) is 5.78 Å². The highest BCUT2D eigenvalue weighted by Crippen LogP contribution is 2.27. The van der Waals surface area contributed by atoms with Crippen LogP contribution in [0.3, 0.4) is 0 Å². The summed E-state index contributed by atoms with van der Waals surface area (Å²) >= 11 is 0. The van der Waals surface area contributed by atoms with Crippen LogP contribution in [0.2, 0.25) is 0 Å². The quantitative estimate of drug-likeness (QED) is 0.497. The first-order valence-electron chi connectivity index (χ1n) is 8.85. The Kier molecular flexibility index (Phi) is 4.60. The molecule has 1 amide bonds. The summed E-state index contributed by atoms with van der Waals surface area (Å²) in [5.41, 5.74) is 2.19. The topological polar surface area (TPSA) is 66.4 Å². The molecule has 136 valence electrons. The zero-order valence-corrected chi connectivity index (χ0v) is 14.9. The average Bonchev–Trinajstić information content (AvgIpc) is 2.74. The number of amides is 1. The van der Waals surface area contributed by atoms with E-state index in [1.165, 1.54) is 0 Å². The number of phenolic OH excluding ortho intramolecular Hbond substituents is 1. The number of rotatable bonds is 4. The maximum absolute atomic E-state index is 12.6. The Morgan fingerprint density at radius 1 is 0.679 bits per heavy atom. The van der Waals surface area contributed by atoms with E-state index in [1.54, 1.807) is 60.7 Å². The van der Waals surface area contributed by atoms with Gasteiger partial charge in [-0.3, -0.25) is 9.59 Å². The Morgan fingerprint density at radius 3 is 2.11 bits per heavy atom. The van der Waals surface area contributed by atoms with Crippen LogP contribution < -0.4 is 5.32 Å². The third kappa shape index (κ3) is 3.48. The molecule has 4 aromatic rings. The van der Waals surface area contributed by atoms with Crippen LogP contribution in [-0.2, 0) is 0 Å². The molecule has 4 nitrogen and oxygen atoms in total.